The molecule has 1 nitrogen and oxygen atoms in total. The molecule has 0 aliphatic heterocycles. The van der Waals surface area contributed by atoms with Gasteiger partial charge in [0.05, 0.1) is 0 Å². The smallest absolute Gasteiger partial charge is 0.00971 e. The van der Waals surface area contributed by atoms with Crippen molar-refractivity contribution in [2.24, 2.45) is 11.7 Å². The molecule has 1 aliphatic carbocycles. The van der Waals surface area contributed by atoms with Crippen LogP contribution in [0.25, 0.3) is 0 Å². The molecule has 2 N–H and O–H groups in total. The second-order valence-electron chi connectivity index (χ2n) is 3.97. The lowest BCUT2D eigenvalue weighted by atomic mass is 9.98. The second-order valence-corrected chi connectivity index (χ2v) is 3.97. The summed E-state index contributed by atoms with van der Waals surface area (Å²) in [5.74, 6) is 1.04. The molecule has 0 saturated heterocycles. The van der Waals surface area contributed by atoms with Crippen molar-refractivity contribution in [1.82, 2.24) is 0 Å². The zero-order valence-corrected chi connectivity index (χ0v) is 7.71. The number of hydrogen-bond donors (Lipinski definition) is 1. The first-order valence-electron chi connectivity index (χ1n) is 3.87. The molecule has 0 amide bonds. The van der Waals surface area contributed by atoms with Gasteiger partial charge in [-0.3, -0.25) is 0 Å². The highest BCUT2D eigenvalue weighted by atomic mass is 35.5. The molecule has 1 rings (SSSR count). The lowest BCUT2D eigenvalue weighted by molar-refractivity contribution is 0.443. The molecule has 0 aromatic heterocycles. The van der Waals surface area contributed by atoms with Crippen LogP contribution in [0.5, 0.6) is 0 Å². The Morgan fingerprint density at radius 3 is 2.20 bits per heavy atom. The third kappa shape index (κ3) is 5.07. The Morgan fingerprint density at radius 1 is 1.40 bits per heavy atom. The fourth-order valence-corrected chi connectivity index (χ4v) is 0.983. The first-order valence-corrected chi connectivity index (χ1v) is 3.87. The van der Waals surface area contributed by atoms with E-state index in [0.717, 1.165) is 5.92 Å². The standard InChI is InChI=1S/C8H17N.ClH/c1-8(2,9)6-5-7-3-4-7;/h7H,3-6,9H2,1-2H3;1H. The number of rotatable bonds is 3. The van der Waals surface area contributed by atoms with Crippen LogP contribution in [-0.2, 0) is 0 Å². The van der Waals surface area contributed by atoms with Crippen molar-refractivity contribution in [3.8, 4) is 0 Å². The second kappa shape index (κ2) is 3.59. The van der Waals surface area contributed by atoms with Gasteiger partial charge in [-0.2, -0.15) is 0 Å². The summed E-state index contributed by atoms with van der Waals surface area (Å²) in [6.45, 7) is 4.21. The molecule has 10 heavy (non-hydrogen) atoms. The summed E-state index contributed by atoms with van der Waals surface area (Å²) in [6.07, 6.45) is 5.45. The zero-order chi connectivity index (χ0) is 6.91. The van der Waals surface area contributed by atoms with Crippen LogP contribution >= 0.6 is 12.4 Å². The maximum absolute atomic E-state index is 5.81. The molecule has 0 atom stereocenters. The van der Waals surface area contributed by atoms with Gasteiger partial charge >= 0.3 is 0 Å². The summed E-state index contributed by atoms with van der Waals surface area (Å²) in [4.78, 5) is 0. The largest absolute Gasteiger partial charge is 0.326 e. The van der Waals surface area contributed by atoms with E-state index in [1.165, 1.54) is 25.7 Å². The molecule has 0 aromatic rings. The van der Waals surface area contributed by atoms with E-state index in [1.807, 2.05) is 0 Å². The van der Waals surface area contributed by atoms with Crippen molar-refractivity contribution in [2.75, 3.05) is 0 Å². The molecule has 0 radical (unpaired) electrons. The van der Waals surface area contributed by atoms with E-state index in [4.69, 9.17) is 5.73 Å². The van der Waals surface area contributed by atoms with Crippen LogP contribution < -0.4 is 5.73 Å². The predicted molar refractivity (Wildman–Crippen MR) is 47.5 cm³/mol. The Labute approximate surface area is 69.8 Å². The van der Waals surface area contributed by atoms with E-state index in [-0.39, 0.29) is 17.9 Å². The zero-order valence-electron chi connectivity index (χ0n) is 6.89. The highest BCUT2D eigenvalue weighted by molar-refractivity contribution is 5.85. The topological polar surface area (TPSA) is 26.0 Å². The fraction of sp³-hybridized carbons (Fsp3) is 1.00. The van der Waals surface area contributed by atoms with Crippen molar-refractivity contribution < 1.29 is 0 Å². The SMILES string of the molecule is CC(C)(N)CCC1CC1.Cl. The molecule has 0 bridgehead atoms. The molecule has 0 aromatic carbocycles. The highest BCUT2D eigenvalue weighted by Gasteiger charge is 2.23. The van der Waals surface area contributed by atoms with Crippen molar-refractivity contribution in [1.29, 1.82) is 0 Å². The normalized spacial score (nSPS) is 18.3. The van der Waals surface area contributed by atoms with Crippen LogP contribution in [0.15, 0.2) is 0 Å². The summed E-state index contributed by atoms with van der Waals surface area (Å²) < 4.78 is 0. The Bertz CT molecular complexity index is 91.9. The van der Waals surface area contributed by atoms with Crippen LogP contribution in [0.4, 0.5) is 0 Å². The molecular formula is C8H18ClN. The van der Waals surface area contributed by atoms with Gasteiger partial charge < -0.3 is 5.73 Å². The Hall–Kier alpha value is 0.250. The Kier molecular flexibility index (Phi) is 3.68. The van der Waals surface area contributed by atoms with E-state index >= 15 is 0 Å². The van der Waals surface area contributed by atoms with E-state index < -0.39 is 0 Å². The number of halogens is 1. The minimum Gasteiger partial charge on any atom is -0.326 e. The van der Waals surface area contributed by atoms with Crippen LogP contribution in [0.2, 0.25) is 0 Å². The minimum atomic E-state index is 0. The van der Waals surface area contributed by atoms with Gasteiger partial charge in [0.25, 0.3) is 0 Å². The maximum Gasteiger partial charge on any atom is 0.00971 e. The van der Waals surface area contributed by atoms with Gasteiger partial charge in [-0.25, -0.2) is 0 Å². The van der Waals surface area contributed by atoms with Gasteiger partial charge in [0, 0.05) is 5.54 Å². The summed E-state index contributed by atoms with van der Waals surface area (Å²) >= 11 is 0. The van der Waals surface area contributed by atoms with Gasteiger partial charge in [0.2, 0.25) is 0 Å². The maximum atomic E-state index is 5.81. The monoisotopic (exact) mass is 163 g/mol. The summed E-state index contributed by atoms with van der Waals surface area (Å²) in [6, 6.07) is 0. The van der Waals surface area contributed by atoms with Gasteiger partial charge in [0.15, 0.2) is 0 Å². The van der Waals surface area contributed by atoms with Crippen molar-refractivity contribution in [3.63, 3.8) is 0 Å². The number of hydrogen-bond acceptors (Lipinski definition) is 1. The molecule has 1 aliphatic rings. The molecule has 1 saturated carbocycles. The molecule has 2 heteroatoms. The third-order valence-corrected chi connectivity index (χ3v) is 1.89. The third-order valence-electron chi connectivity index (χ3n) is 1.89. The van der Waals surface area contributed by atoms with E-state index in [1.54, 1.807) is 0 Å². The predicted octanol–water partition coefficient (Wildman–Crippen LogP) is 2.34. The van der Waals surface area contributed by atoms with E-state index in [2.05, 4.69) is 13.8 Å². The number of nitrogens with two attached hydrogens (primary N) is 1. The fourth-order valence-electron chi connectivity index (χ4n) is 0.983. The molecule has 1 fully saturated rings. The van der Waals surface area contributed by atoms with Gasteiger partial charge in [-0.1, -0.05) is 12.8 Å². The molecular weight excluding hydrogens is 146 g/mol. The average molecular weight is 164 g/mol. The first-order chi connectivity index (χ1) is 4.08. The molecule has 0 heterocycles. The van der Waals surface area contributed by atoms with Crippen molar-refractivity contribution in [3.05, 3.63) is 0 Å². The minimum absolute atomic E-state index is 0. The lowest BCUT2D eigenvalue weighted by Gasteiger charge is -2.17. The summed E-state index contributed by atoms with van der Waals surface area (Å²) in [5.41, 5.74) is 5.88. The molecule has 62 valence electrons. The summed E-state index contributed by atoms with van der Waals surface area (Å²) in [5, 5.41) is 0. The summed E-state index contributed by atoms with van der Waals surface area (Å²) in [7, 11) is 0. The average Bonchev–Trinajstić information content (AvgIpc) is 2.38. The Balaban J connectivity index is 0.000000810. The van der Waals surface area contributed by atoms with Crippen LogP contribution in [0, 0.1) is 5.92 Å². The van der Waals surface area contributed by atoms with Gasteiger partial charge in [-0.15, -0.1) is 12.4 Å². The quantitative estimate of drug-likeness (QED) is 0.679. The van der Waals surface area contributed by atoms with Crippen LogP contribution in [0.1, 0.15) is 39.5 Å². The molecule has 0 unspecified atom stereocenters. The molecule has 0 spiro atoms. The highest BCUT2D eigenvalue weighted by Crippen LogP contribution is 2.34. The van der Waals surface area contributed by atoms with Gasteiger partial charge in [0.1, 0.15) is 0 Å². The lowest BCUT2D eigenvalue weighted by Crippen LogP contribution is -2.31. The van der Waals surface area contributed by atoms with Crippen molar-refractivity contribution in [2.45, 2.75) is 45.1 Å². The van der Waals surface area contributed by atoms with E-state index in [0.29, 0.717) is 0 Å². The van der Waals surface area contributed by atoms with E-state index in [9.17, 15) is 0 Å². The Morgan fingerprint density at radius 2 is 1.90 bits per heavy atom. The van der Waals surface area contributed by atoms with Gasteiger partial charge in [-0.05, 0) is 32.6 Å². The van der Waals surface area contributed by atoms with Crippen LogP contribution in [0.3, 0.4) is 0 Å². The van der Waals surface area contributed by atoms with Crippen LogP contribution in [-0.4, -0.2) is 5.54 Å². The van der Waals surface area contributed by atoms with Crippen molar-refractivity contribution >= 4 is 12.4 Å². The first kappa shape index (κ1) is 10.2.